The predicted octanol–water partition coefficient (Wildman–Crippen LogP) is 7.23. The Morgan fingerprint density at radius 1 is 0.931 bits per heavy atom. The lowest BCUT2D eigenvalue weighted by Gasteiger charge is -2.18. The summed E-state index contributed by atoms with van der Waals surface area (Å²) >= 11 is 6.13. The number of anilines is 1. The van der Waals surface area contributed by atoms with Crippen LogP contribution in [0.25, 0.3) is 11.1 Å². The second-order valence-corrected chi connectivity index (χ2v) is 7.65. The van der Waals surface area contributed by atoms with E-state index in [1.54, 1.807) is 0 Å². The van der Waals surface area contributed by atoms with E-state index >= 15 is 0 Å². The number of nitrogens with one attached hydrogen (secondary N) is 1. The summed E-state index contributed by atoms with van der Waals surface area (Å²) in [6.07, 6.45) is 0. The van der Waals surface area contributed by atoms with Gasteiger partial charge in [0, 0.05) is 16.8 Å². The topological polar surface area (TPSA) is 49.3 Å². The van der Waals surface area contributed by atoms with E-state index in [4.69, 9.17) is 11.6 Å². The van der Waals surface area contributed by atoms with Gasteiger partial charge < -0.3 is 10.4 Å². The first-order chi connectivity index (χ1) is 13.3. The van der Waals surface area contributed by atoms with Crippen LogP contribution in [0, 0.1) is 20.8 Å². The first kappa shape index (κ1) is 22.8. The summed E-state index contributed by atoms with van der Waals surface area (Å²) < 4.78 is 0. The minimum atomic E-state index is -0.885. The minimum Gasteiger partial charge on any atom is -0.478 e. The Balaban J connectivity index is 0.00000300. The highest BCUT2D eigenvalue weighted by molar-refractivity contribution is 6.31. The number of carboxylic acid groups (broad SMARTS) is 1. The molecule has 3 aromatic carbocycles. The number of carboxylic acids is 1. The number of hydrogen-bond acceptors (Lipinski definition) is 2. The summed E-state index contributed by atoms with van der Waals surface area (Å²) in [5.41, 5.74) is 7.22. The maximum absolute atomic E-state index is 11.4. The van der Waals surface area contributed by atoms with Crippen LogP contribution in [0.5, 0.6) is 0 Å². The molecule has 5 heteroatoms. The van der Waals surface area contributed by atoms with Gasteiger partial charge in [-0.3, -0.25) is 0 Å². The minimum absolute atomic E-state index is 0. The maximum atomic E-state index is 11.4. The van der Waals surface area contributed by atoms with Crippen molar-refractivity contribution >= 4 is 35.7 Å². The van der Waals surface area contributed by atoms with E-state index in [-0.39, 0.29) is 18.4 Å². The van der Waals surface area contributed by atoms with Crippen molar-refractivity contribution in [2.24, 2.45) is 0 Å². The third kappa shape index (κ3) is 5.11. The molecule has 0 spiro atoms. The van der Waals surface area contributed by atoms with Gasteiger partial charge in [-0.1, -0.05) is 48.0 Å². The molecule has 0 aliphatic heterocycles. The highest BCUT2D eigenvalue weighted by atomic mass is 35.5. The SMILES string of the molecule is Cc1cc([C@@H](C)Nc2cccc(-c3cc(C)c(C(=O)O)c(C)c3)c2)ccc1Cl.Cl. The molecule has 3 nitrogen and oxygen atoms in total. The van der Waals surface area contributed by atoms with E-state index in [2.05, 4.69) is 24.4 Å². The van der Waals surface area contributed by atoms with Crippen molar-refractivity contribution in [3.8, 4) is 11.1 Å². The van der Waals surface area contributed by atoms with Gasteiger partial charge in [0.2, 0.25) is 0 Å². The largest absolute Gasteiger partial charge is 0.478 e. The number of carbonyl (C=O) groups is 1. The lowest BCUT2D eigenvalue weighted by Crippen LogP contribution is -2.07. The number of aromatic carboxylic acids is 1. The van der Waals surface area contributed by atoms with E-state index in [0.29, 0.717) is 5.56 Å². The highest BCUT2D eigenvalue weighted by Gasteiger charge is 2.13. The van der Waals surface area contributed by atoms with Gasteiger partial charge in [-0.25, -0.2) is 4.79 Å². The molecule has 2 N–H and O–H groups in total. The van der Waals surface area contributed by atoms with Gasteiger partial charge in [-0.15, -0.1) is 12.4 Å². The molecule has 0 heterocycles. The average Bonchev–Trinajstić information content (AvgIpc) is 2.63. The van der Waals surface area contributed by atoms with Crippen molar-refractivity contribution in [2.45, 2.75) is 33.7 Å². The van der Waals surface area contributed by atoms with Crippen LogP contribution >= 0.6 is 24.0 Å². The highest BCUT2D eigenvalue weighted by Crippen LogP contribution is 2.29. The summed E-state index contributed by atoms with van der Waals surface area (Å²) in [6.45, 7) is 7.80. The molecule has 0 saturated heterocycles. The monoisotopic (exact) mass is 429 g/mol. The predicted molar refractivity (Wildman–Crippen MR) is 124 cm³/mol. The van der Waals surface area contributed by atoms with Crippen LogP contribution in [-0.4, -0.2) is 11.1 Å². The number of benzene rings is 3. The third-order valence-corrected chi connectivity index (χ3v) is 5.43. The van der Waals surface area contributed by atoms with Crippen molar-refractivity contribution in [1.82, 2.24) is 0 Å². The summed E-state index contributed by atoms with van der Waals surface area (Å²) in [5, 5.41) is 13.7. The Hall–Kier alpha value is -2.49. The first-order valence-corrected chi connectivity index (χ1v) is 9.61. The molecular formula is C24H25Cl2NO2. The number of hydrogen-bond donors (Lipinski definition) is 2. The van der Waals surface area contributed by atoms with Crippen LogP contribution in [0.3, 0.4) is 0 Å². The zero-order valence-electron chi connectivity index (χ0n) is 16.9. The first-order valence-electron chi connectivity index (χ1n) is 9.24. The van der Waals surface area contributed by atoms with Crippen molar-refractivity contribution in [3.05, 3.63) is 87.4 Å². The summed E-state index contributed by atoms with van der Waals surface area (Å²) in [6, 6.07) is 18.2. The van der Waals surface area contributed by atoms with Crippen LogP contribution in [0.1, 0.15) is 45.6 Å². The zero-order chi connectivity index (χ0) is 20.4. The normalized spacial score (nSPS) is 11.5. The summed E-state index contributed by atoms with van der Waals surface area (Å²) in [7, 11) is 0. The maximum Gasteiger partial charge on any atom is 0.336 e. The van der Waals surface area contributed by atoms with Crippen molar-refractivity contribution in [1.29, 1.82) is 0 Å². The van der Waals surface area contributed by atoms with E-state index in [0.717, 1.165) is 38.5 Å². The van der Waals surface area contributed by atoms with E-state index in [1.807, 2.05) is 63.2 Å². The molecule has 0 bridgehead atoms. The molecule has 0 fully saturated rings. The van der Waals surface area contributed by atoms with Crippen molar-refractivity contribution in [3.63, 3.8) is 0 Å². The van der Waals surface area contributed by atoms with Gasteiger partial charge >= 0.3 is 5.97 Å². The fourth-order valence-electron chi connectivity index (χ4n) is 3.53. The number of aryl methyl sites for hydroxylation is 3. The average molecular weight is 430 g/mol. The quantitative estimate of drug-likeness (QED) is 0.449. The van der Waals surface area contributed by atoms with Crippen LogP contribution in [0.15, 0.2) is 54.6 Å². The summed E-state index contributed by atoms with van der Waals surface area (Å²) in [5.74, 6) is -0.885. The van der Waals surface area contributed by atoms with Gasteiger partial charge in [0.05, 0.1) is 5.56 Å². The van der Waals surface area contributed by atoms with Crippen molar-refractivity contribution in [2.75, 3.05) is 5.32 Å². The molecule has 0 saturated carbocycles. The zero-order valence-corrected chi connectivity index (χ0v) is 18.5. The Morgan fingerprint density at radius 2 is 1.59 bits per heavy atom. The smallest absolute Gasteiger partial charge is 0.336 e. The lowest BCUT2D eigenvalue weighted by atomic mass is 9.95. The lowest BCUT2D eigenvalue weighted by molar-refractivity contribution is 0.0695. The van der Waals surface area contributed by atoms with Gasteiger partial charge in [0.25, 0.3) is 0 Å². The Bertz CT molecular complexity index is 1020. The van der Waals surface area contributed by atoms with Gasteiger partial charge in [-0.05, 0) is 79.3 Å². The molecule has 3 aromatic rings. The van der Waals surface area contributed by atoms with E-state index in [9.17, 15) is 9.90 Å². The van der Waals surface area contributed by atoms with Gasteiger partial charge in [0.15, 0.2) is 0 Å². The molecule has 0 unspecified atom stereocenters. The Kier molecular flexibility index (Phi) is 7.34. The molecule has 0 aliphatic carbocycles. The molecule has 0 aromatic heterocycles. The second-order valence-electron chi connectivity index (χ2n) is 7.25. The van der Waals surface area contributed by atoms with Crippen LogP contribution < -0.4 is 5.32 Å². The second kappa shape index (κ2) is 9.34. The van der Waals surface area contributed by atoms with E-state index in [1.165, 1.54) is 5.56 Å². The van der Waals surface area contributed by atoms with Gasteiger partial charge in [0.1, 0.15) is 0 Å². The fraction of sp³-hybridized carbons (Fsp3) is 0.208. The van der Waals surface area contributed by atoms with Crippen LogP contribution in [-0.2, 0) is 0 Å². The van der Waals surface area contributed by atoms with Crippen LogP contribution in [0.2, 0.25) is 5.02 Å². The fourth-order valence-corrected chi connectivity index (χ4v) is 3.64. The van der Waals surface area contributed by atoms with Gasteiger partial charge in [-0.2, -0.15) is 0 Å². The number of halogens is 2. The van der Waals surface area contributed by atoms with Crippen molar-refractivity contribution < 1.29 is 9.90 Å². The molecule has 1 atom stereocenters. The standard InChI is InChI=1S/C24H24ClNO2.ClH/c1-14-10-18(8-9-22(14)25)17(4)26-21-7-5-6-19(13-21)20-11-15(2)23(24(27)28)16(3)12-20;/h5-13,17,26H,1-4H3,(H,27,28);1H/t17-;/m1./s1. The molecule has 152 valence electrons. The molecular weight excluding hydrogens is 405 g/mol. The third-order valence-electron chi connectivity index (χ3n) is 5.01. The molecule has 29 heavy (non-hydrogen) atoms. The molecule has 3 rings (SSSR count). The summed E-state index contributed by atoms with van der Waals surface area (Å²) in [4.78, 5) is 11.4. The Labute approximate surface area is 183 Å². The van der Waals surface area contributed by atoms with Crippen LogP contribution in [0.4, 0.5) is 5.69 Å². The molecule has 0 radical (unpaired) electrons. The number of rotatable bonds is 5. The Morgan fingerprint density at radius 3 is 2.17 bits per heavy atom. The molecule has 0 amide bonds. The molecule has 0 aliphatic rings. The van der Waals surface area contributed by atoms with E-state index < -0.39 is 5.97 Å².